The van der Waals surface area contributed by atoms with Gasteiger partial charge in [0.1, 0.15) is 6.17 Å². The van der Waals surface area contributed by atoms with Gasteiger partial charge in [0.15, 0.2) is 22.2 Å². The molecule has 0 aromatic carbocycles. The Bertz CT molecular complexity index is 809. The molecule has 0 fully saturated rings. The average Bonchev–Trinajstić information content (AvgIpc) is 3.16. The first-order valence-corrected chi connectivity index (χ1v) is 10.7. The third-order valence-electron chi connectivity index (χ3n) is 4.84. The zero-order valence-electron chi connectivity index (χ0n) is 18.1. The molecular weight excluding hydrogens is 510 g/mol. The number of hydrogen-bond donors (Lipinski definition) is 0. The number of hydrazine groups is 1. The van der Waals surface area contributed by atoms with Crippen LogP contribution in [0.25, 0.3) is 0 Å². The molecule has 2 atom stereocenters. The Labute approximate surface area is 190 Å². The highest BCUT2D eigenvalue weighted by atomic mass is 79.9. The van der Waals surface area contributed by atoms with E-state index in [1.165, 1.54) is 25.7 Å². The Hall–Kier alpha value is -2.05. The van der Waals surface area contributed by atoms with Crippen LogP contribution in [0.3, 0.4) is 0 Å². The maximum Gasteiger partial charge on any atom is 0.435 e. The molecule has 0 aromatic rings. The van der Waals surface area contributed by atoms with Gasteiger partial charge >= 0.3 is 18.3 Å². The molecule has 0 aromatic heterocycles. The molecule has 32 heavy (non-hydrogen) atoms. The van der Waals surface area contributed by atoms with Gasteiger partial charge in [0.2, 0.25) is 0 Å². The first-order chi connectivity index (χ1) is 14.6. The lowest BCUT2D eigenvalue weighted by Crippen LogP contribution is -2.56. The molecule has 2 rings (SSSR count). The quantitative estimate of drug-likeness (QED) is 0.159. The highest BCUT2D eigenvalue weighted by Crippen LogP contribution is 2.48. The summed E-state index contributed by atoms with van der Waals surface area (Å²) in [4.78, 5) is 14.9. The molecule has 0 N–H and O–H groups in total. The topological polar surface area (TPSA) is 39.3 Å². The van der Waals surface area contributed by atoms with Crippen molar-refractivity contribution < 1.29 is 35.9 Å². The van der Waals surface area contributed by atoms with Crippen LogP contribution in [0.15, 0.2) is 35.9 Å². The first kappa shape index (κ1) is 26.2. The van der Waals surface area contributed by atoms with Crippen molar-refractivity contribution in [3.8, 4) is 0 Å². The standard InChI is InChI=1S/C19H25BrF6N4O2/c1-7-13-28(11(5)6)14(16(31)32-8-2)15(19(24,25)26)30(13)29-12(18(21,22)23)9-27(10(3)4)17(29)20/h7,9-11,13,17H,1,8H2,2-6H3. The number of ether oxygens (including phenoxy) is 1. The van der Waals surface area contributed by atoms with Crippen molar-refractivity contribution >= 4 is 21.9 Å². The smallest absolute Gasteiger partial charge is 0.435 e. The molecule has 2 heterocycles. The minimum absolute atomic E-state index is 0.211. The van der Waals surface area contributed by atoms with Crippen LogP contribution in [-0.2, 0) is 9.53 Å². The van der Waals surface area contributed by atoms with Gasteiger partial charge in [-0.05, 0) is 56.6 Å². The van der Waals surface area contributed by atoms with Crippen molar-refractivity contribution in [1.29, 1.82) is 0 Å². The predicted molar refractivity (Wildman–Crippen MR) is 108 cm³/mol. The third kappa shape index (κ3) is 4.53. The van der Waals surface area contributed by atoms with Crippen molar-refractivity contribution in [3.63, 3.8) is 0 Å². The highest BCUT2D eigenvalue weighted by molar-refractivity contribution is 9.09. The molecule has 0 bridgehead atoms. The number of hydrogen-bond acceptors (Lipinski definition) is 6. The molecule has 2 aliphatic rings. The van der Waals surface area contributed by atoms with Gasteiger partial charge in [-0.1, -0.05) is 6.58 Å². The number of halogens is 7. The number of allylic oxidation sites excluding steroid dienone is 2. The van der Waals surface area contributed by atoms with E-state index in [2.05, 4.69) is 22.5 Å². The summed E-state index contributed by atoms with van der Waals surface area (Å²) in [5.74, 6) is -1.29. The molecule has 0 spiro atoms. The third-order valence-corrected chi connectivity index (χ3v) is 5.70. The molecular formula is C19H25BrF6N4O2. The molecule has 13 heteroatoms. The molecule has 0 amide bonds. The van der Waals surface area contributed by atoms with Crippen molar-refractivity contribution in [2.75, 3.05) is 6.61 Å². The van der Waals surface area contributed by atoms with Gasteiger partial charge in [0, 0.05) is 18.3 Å². The van der Waals surface area contributed by atoms with Crippen LogP contribution >= 0.6 is 15.9 Å². The van der Waals surface area contributed by atoms with E-state index in [1.807, 2.05) is 0 Å². The highest BCUT2D eigenvalue weighted by Gasteiger charge is 2.59. The van der Waals surface area contributed by atoms with Crippen molar-refractivity contribution in [3.05, 3.63) is 35.9 Å². The minimum atomic E-state index is -5.18. The molecule has 2 unspecified atom stereocenters. The van der Waals surface area contributed by atoms with Crippen LogP contribution in [0, 0.1) is 0 Å². The van der Waals surface area contributed by atoms with Gasteiger partial charge in [0.05, 0.1) is 6.61 Å². The van der Waals surface area contributed by atoms with Crippen LogP contribution in [0.1, 0.15) is 34.6 Å². The molecule has 0 saturated carbocycles. The van der Waals surface area contributed by atoms with Gasteiger partial charge in [-0.3, -0.25) is 0 Å². The summed E-state index contributed by atoms with van der Waals surface area (Å²) in [6, 6.07) is -1.17. The zero-order valence-corrected chi connectivity index (χ0v) is 19.7. The van der Waals surface area contributed by atoms with Crippen LogP contribution in [0.5, 0.6) is 0 Å². The lowest BCUT2D eigenvalue weighted by molar-refractivity contribution is -0.172. The van der Waals surface area contributed by atoms with Gasteiger partial charge < -0.3 is 14.5 Å². The van der Waals surface area contributed by atoms with Crippen LogP contribution in [0.2, 0.25) is 0 Å². The molecule has 2 aliphatic heterocycles. The van der Waals surface area contributed by atoms with Crippen molar-refractivity contribution in [2.24, 2.45) is 0 Å². The lowest BCUT2D eigenvalue weighted by atomic mass is 10.2. The van der Waals surface area contributed by atoms with E-state index in [-0.39, 0.29) is 6.61 Å². The summed E-state index contributed by atoms with van der Waals surface area (Å²) >= 11 is 3.11. The first-order valence-electron chi connectivity index (χ1n) is 9.77. The number of carbonyl (C=O) groups is 1. The number of carbonyl (C=O) groups excluding carboxylic acids is 1. The van der Waals surface area contributed by atoms with Gasteiger partial charge in [0.25, 0.3) is 0 Å². The monoisotopic (exact) mass is 534 g/mol. The second-order valence-electron chi connectivity index (χ2n) is 7.62. The molecule has 182 valence electrons. The van der Waals surface area contributed by atoms with Crippen LogP contribution < -0.4 is 0 Å². The summed E-state index contributed by atoms with van der Waals surface area (Å²) in [5.41, 5.74) is -3.75. The largest absolute Gasteiger partial charge is 0.461 e. The maximum atomic E-state index is 14.3. The normalized spacial score (nSPS) is 22.5. The van der Waals surface area contributed by atoms with Crippen LogP contribution in [-0.4, -0.2) is 68.1 Å². The summed E-state index contributed by atoms with van der Waals surface area (Å²) in [7, 11) is 0. The second-order valence-corrected chi connectivity index (χ2v) is 8.44. The van der Waals surface area contributed by atoms with Crippen molar-refractivity contribution in [1.82, 2.24) is 19.8 Å². The summed E-state index contributed by atoms with van der Waals surface area (Å²) < 4.78 is 89.7. The van der Waals surface area contributed by atoms with E-state index in [0.717, 1.165) is 17.2 Å². The van der Waals surface area contributed by atoms with Gasteiger partial charge in [-0.15, -0.1) is 0 Å². The van der Waals surface area contributed by atoms with Crippen molar-refractivity contribution in [2.45, 2.75) is 70.3 Å². The Kier molecular flexibility index (Phi) is 7.42. The molecule has 0 radical (unpaired) electrons. The van der Waals surface area contributed by atoms with Gasteiger partial charge in [-0.25, -0.2) is 14.8 Å². The van der Waals surface area contributed by atoms with E-state index in [4.69, 9.17) is 4.74 Å². The number of alkyl halides is 7. The summed E-state index contributed by atoms with van der Waals surface area (Å²) in [6.45, 7) is 11.0. The van der Waals surface area contributed by atoms with E-state index in [9.17, 15) is 31.1 Å². The number of esters is 1. The Balaban J connectivity index is 2.84. The summed E-state index contributed by atoms with van der Waals surface area (Å²) in [5, 5.41) is -0.438. The summed E-state index contributed by atoms with van der Waals surface area (Å²) in [6.07, 6.45) is -9.79. The Morgan fingerprint density at radius 3 is 2.06 bits per heavy atom. The predicted octanol–water partition coefficient (Wildman–Crippen LogP) is 4.88. The Morgan fingerprint density at radius 2 is 1.69 bits per heavy atom. The zero-order chi connectivity index (χ0) is 24.8. The van der Waals surface area contributed by atoms with E-state index in [0.29, 0.717) is 10.0 Å². The fraction of sp³-hybridized carbons (Fsp3) is 0.632. The van der Waals surface area contributed by atoms with Gasteiger partial charge in [-0.2, -0.15) is 26.3 Å². The number of rotatable bonds is 6. The fourth-order valence-corrected chi connectivity index (χ4v) is 4.62. The SMILES string of the molecule is C=CC1N(C(C)C)C(C(=O)OCC)=C(C(F)(F)F)N1N1C(C(F)(F)F)=CN(C(C)C)C1Br. The average molecular weight is 535 g/mol. The molecule has 0 aliphatic carbocycles. The molecule has 0 saturated heterocycles. The van der Waals surface area contributed by atoms with E-state index < -0.39 is 58.7 Å². The maximum absolute atomic E-state index is 14.3. The Morgan fingerprint density at radius 1 is 1.12 bits per heavy atom. The lowest BCUT2D eigenvalue weighted by Gasteiger charge is -2.44. The molecule has 6 nitrogen and oxygen atoms in total. The van der Waals surface area contributed by atoms with E-state index >= 15 is 0 Å². The number of nitrogens with zero attached hydrogens (tertiary/aromatic N) is 4. The fourth-order valence-electron chi connectivity index (χ4n) is 3.61. The second kappa shape index (κ2) is 9.06. The van der Waals surface area contributed by atoms with Crippen LogP contribution in [0.4, 0.5) is 26.3 Å². The minimum Gasteiger partial charge on any atom is -0.461 e. The van der Waals surface area contributed by atoms with E-state index in [1.54, 1.807) is 13.8 Å².